The number of carboxylic acid groups (broad SMARTS) is 1. The van der Waals surface area contributed by atoms with Gasteiger partial charge in [0.2, 0.25) is 0 Å². The van der Waals surface area contributed by atoms with Crippen molar-refractivity contribution in [1.29, 1.82) is 0 Å². The number of carbonyl (C=O) groups is 2. The lowest BCUT2D eigenvalue weighted by Crippen LogP contribution is -2.49. The number of nitrogens with one attached hydrogen (secondary N) is 1. The van der Waals surface area contributed by atoms with E-state index in [2.05, 4.69) is 5.32 Å². The van der Waals surface area contributed by atoms with E-state index in [-0.39, 0.29) is 5.41 Å². The molecule has 2 N–H and O–H groups in total. The molecular weight excluding hydrogens is 258 g/mol. The van der Waals surface area contributed by atoms with Crippen LogP contribution in [0.5, 0.6) is 0 Å². The normalized spacial score (nSPS) is 39.4. The van der Waals surface area contributed by atoms with Crippen molar-refractivity contribution >= 4 is 12.1 Å². The highest BCUT2D eigenvalue weighted by molar-refractivity contribution is 5.79. The zero-order chi connectivity index (χ0) is 14.3. The van der Waals surface area contributed by atoms with Crippen molar-refractivity contribution in [2.45, 2.75) is 51.5 Å². The Balaban J connectivity index is 1.53. The van der Waals surface area contributed by atoms with Gasteiger partial charge in [0, 0.05) is 5.41 Å². The Hall–Kier alpha value is -1.26. The number of hydrogen-bond acceptors (Lipinski definition) is 3. The topological polar surface area (TPSA) is 75.6 Å². The van der Waals surface area contributed by atoms with Crippen molar-refractivity contribution in [3.8, 4) is 0 Å². The number of amides is 1. The van der Waals surface area contributed by atoms with E-state index >= 15 is 0 Å². The summed E-state index contributed by atoms with van der Waals surface area (Å²) in [6.07, 6.45) is 7.03. The van der Waals surface area contributed by atoms with Crippen LogP contribution in [-0.4, -0.2) is 29.8 Å². The molecule has 1 amide bonds. The number of rotatable bonds is 4. The van der Waals surface area contributed by atoms with Crippen LogP contribution in [0.3, 0.4) is 0 Å². The van der Waals surface area contributed by atoms with Gasteiger partial charge in [-0.2, -0.15) is 0 Å². The third-order valence-electron chi connectivity index (χ3n) is 5.38. The molecule has 4 bridgehead atoms. The van der Waals surface area contributed by atoms with Crippen molar-refractivity contribution in [3.63, 3.8) is 0 Å². The minimum absolute atomic E-state index is 0.179. The van der Waals surface area contributed by atoms with Crippen molar-refractivity contribution < 1.29 is 19.4 Å². The monoisotopic (exact) mass is 281 g/mol. The maximum absolute atomic E-state index is 11.7. The molecule has 4 aliphatic rings. The molecule has 112 valence electrons. The van der Waals surface area contributed by atoms with E-state index in [4.69, 9.17) is 9.84 Å². The summed E-state index contributed by atoms with van der Waals surface area (Å²) in [5, 5.41) is 11.1. The second kappa shape index (κ2) is 4.93. The lowest BCUT2D eigenvalue weighted by molar-refractivity contribution is -0.138. The number of ether oxygens (including phenoxy) is 1. The van der Waals surface area contributed by atoms with E-state index < -0.39 is 18.1 Å². The minimum atomic E-state index is -1.04. The molecule has 1 atom stereocenters. The van der Waals surface area contributed by atoms with Crippen molar-refractivity contribution in [1.82, 2.24) is 5.32 Å². The molecule has 0 saturated heterocycles. The second-order valence-corrected chi connectivity index (χ2v) is 7.20. The van der Waals surface area contributed by atoms with Gasteiger partial charge in [0.1, 0.15) is 6.04 Å². The Kier molecular flexibility index (Phi) is 3.38. The molecule has 4 aliphatic carbocycles. The fraction of sp³-hybridized carbons (Fsp3) is 0.867. The number of aliphatic carboxylic acids is 1. The highest BCUT2D eigenvalue weighted by Crippen LogP contribution is 2.59. The molecule has 0 spiro atoms. The Morgan fingerprint density at radius 1 is 1.20 bits per heavy atom. The Bertz CT molecular complexity index is 385. The third-order valence-corrected chi connectivity index (χ3v) is 5.38. The minimum Gasteiger partial charge on any atom is -0.480 e. The molecule has 0 aromatic rings. The molecule has 4 rings (SSSR count). The average Bonchev–Trinajstić information content (AvgIpc) is 2.34. The smallest absolute Gasteiger partial charge is 0.407 e. The van der Waals surface area contributed by atoms with Crippen LogP contribution in [0.1, 0.15) is 45.4 Å². The lowest BCUT2D eigenvalue weighted by atomic mass is 9.50. The number of carbonyl (C=O) groups excluding carboxylic acids is 1. The fourth-order valence-corrected chi connectivity index (χ4v) is 4.97. The zero-order valence-corrected chi connectivity index (χ0v) is 11.9. The first-order valence-electron chi connectivity index (χ1n) is 7.62. The summed E-state index contributed by atoms with van der Waals surface area (Å²) < 4.78 is 5.33. The van der Waals surface area contributed by atoms with Gasteiger partial charge in [0.15, 0.2) is 0 Å². The number of carboxylic acids is 1. The van der Waals surface area contributed by atoms with E-state index in [0.717, 1.165) is 17.8 Å². The molecule has 0 unspecified atom stereocenters. The SMILES string of the molecule is C[C@H](NC(=O)OCC12CC3CC(CC(C3)C1)C2)C(=O)O. The first kappa shape index (κ1) is 13.7. The van der Waals surface area contributed by atoms with E-state index in [9.17, 15) is 9.59 Å². The van der Waals surface area contributed by atoms with Crippen LogP contribution in [0.2, 0.25) is 0 Å². The van der Waals surface area contributed by atoms with E-state index in [0.29, 0.717) is 6.61 Å². The van der Waals surface area contributed by atoms with Gasteiger partial charge in [-0.25, -0.2) is 4.79 Å². The van der Waals surface area contributed by atoms with E-state index in [1.807, 2.05) is 0 Å². The molecule has 4 fully saturated rings. The summed E-state index contributed by atoms with van der Waals surface area (Å²) in [5.74, 6) is 1.43. The number of hydrogen-bond donors (Lipinski definition) is 2. The summed E-state index contributed by atoms with van der Waals surface area (Å²) in [4.78, 5) is 22.3. The van der Waals surface area contributed by atoms with Gasteiger partial charge in [0.05, 0.1) is 6.61 Å². The third kappa shape index (κ3) is 2.63. The standard InChI is InChI=1S/C15H23NO4/c1-9(13(17)18)16-14(19)20-8-15-5-10-2-11(6-15)4-12(3-10)7-15/h9-12H,2-8H2,1H3,(H,16,19)(H,17,18)/t9-,10?,11?,12?,15?/m0/s1. The quantitative estimate of drug-likeness (QED) is 0.829. The predicted molar refractivity (Wildman–Crippen MR) is 72.2 cm³/mol. The number of alkyl carbamates (subject to hydrolysis) is 1. The summed E-state index contributed by atoms with van der Waals surface area (Å²) in [6, 6.07) is -0.904. The second-order valence-electron chi connectivity index (χ2n) is 7.20. The zero-order valence-electron chi connectivity index (χ0n) is 11.9. The molecule has 0 aliphatic heterocycles. The van der Waals surface area contributed by atoms with E-state index in [1.54, 1.807) is 0 Å². The molecule has 4 saturated carbocycles. The van der Waals surface area contributed by atoms with Crippen molar-refractivity contribution in [2.24, 2.45) is 23.2 Å². The molecular formula is C15H23NO4. The summed E-state index contributed by atoms with van der Waals surface area (Å²) >= 11 is 0. The Morgan fingerprint density at radius 2 is 1.70 bits per heavy atom. The predicted octanol–water partition coefficient (Wildman–Crippen LogP) is 2.40. The molecule has 0 heterocycles. The van der Waals surface area contributed by atoms with Crippen LogP contribution in [0.15, 0.2) is 0 Å². The molecule has 20 heavy (non-hydrogen) atoms. The molecule has 5 nitrogen and oxygen atoms in total. The Morgan fingerprint density at radius 3 is 2.15 bits per heavy atom. The summed E-state index contributed by atoms with van der Waals surface area (Å²) in [7, 11) is 0. The van der Waals surface area contributed by atoms with Gasteiger partial charge >= 0.3 is 12.1 Å². The van der Waals surface area contributed by atoms with Crippen LogP contribution in [0, 0.1) is 23.2 Å². The van der Waals surface area contributed by atoms with Gasteiger partial charge in [-0.3, -0.25) is 4.79 Å². The summed E-state index contributed by atoms with van der Waals surface area (Å²) in [5.41, 5.74) is 0.179. The van der Waals surface area contributed by atoms with Crippen molar-refractivity contribution in [3.05, 3.63) is 0 Å². The van der Waals surface area contributed by atoms with Gasteiger partial charge in [-0.1, -0.05) is 0 Å². The first-order chi connectivity index (χ1) is 9.46. The van der Waals surface area contributed by atoms with Gasteiger partial charge in [-0.15, -0.1) is 0 Å². The van der Waals surface area contributed by atoms with Crippen molar-refractivity contribution in [2.75, 3.05) is 6.61 Å². The largest absolute Gasteiger partial charge is 0.480 e. The molecule has 0 radical (unpaired) electrons. The van der Waals surface area contributed by atoms with Crippen LogP contribution in [0.4, 0.5) is 4.79 Å². The highest BCUT2D eigenvalue weighted by Gasteiger charge is 2.51. The van der Waals surface area contributed by atoms with Crippen LogP contribution < -0.4 is 5.32 Å². The Labute approximate surface area is 119 Å². The molecule has 0 aromatic carbocycles. The highest BCUT2D eigenvalue weighted by atomic mass is 16.5. The van der Waals surface area contributed by atoms with Gasteiger partial charge in [0.25, 0.3) is 0 Å². The maximum Gasteiger partial charge on any atom is 0.407 e. The average molecular weight is 281 g/mol. The van der Waals surface area contributed by atoms with E-state index in [1.165, 1.54) is 45.4 Å². The maximum atomic E-state index is 11.7. The molecule has 5 heteroatoms. The van der Waals surface area contributed by atoms with Crippen LogP contribution >= 0.6 is 0 Å². The lowest BCUT2D eigenvalue weighted by Gasteiger charge is -2.56. The van der Waals surface area contributed by atoms with Gasteiger partial charge < -0.3 is 15.2 Å². The summed E-state index contributed by atoms with van der Waals surface area (Å²) in [6.45, 7) is 1.89. The fourth-order valence-electron chi connectivity index (χ4n) is 4.97. The first-order valence-corrected chi connectivity index (χ1v) is 7.62. The molecule has 0 aromatic heterocycles. The van der Waals surface area contributed by atoms with Gasteiger partial charge in [-0.05, 0) is 63.2 Å². The van der Waals surface area contributed by atoms with Crippen LogP contribution in [0.25, 0.3) is 0 Å². The van der Waals surface area contributed by atoms with Crippen LogP contribution in [-0.2, 0) is 9.53 Å².